The van der Waals surface area contributed by atoms with Crippen molar-refractivity contribution >= 4 is 34.6 Å². The second-order valence-corrected chi connectivity index (χ2v) is 4.50. The molecule has 0 fully saturated rings. The summed E-state index contributed by atoms with van der Waals surface area (Å²) < 4.78 is 0. The van der Waals surface area contributed by atoms with Crippen LogP contribution in [0.4, 0.5) is 11.4 Å². The minimum atomic E-state index is 0.333. The topological polar surface area (TPSA) is 48.7 Å². The Bertz CT molecular complexity index is 633. The first-order chi connectivity index (χ1) is 8.61. The highest BCUT2D eigenvalue weighted by atomic mass is 35.5. The Morgan fingerprint density at radius 2 is 2.06 bits per heavy atom. The Morgan fingerprint density at radius 1 is 1.28 bits per heavy atom. The van der Waals surface area contributed by atoms with Gasteiger partial charge in [0.05, 0.1) is 15.7 Å². The van der Waals surface area contributed by atoms with Crippen molar-refractivity contribution in [3.05, 3.63) is 51.8 Å². The molecule has 18 heavy (non-hydrogen) atoms. The molecule has 0 saturated carbocycles. The van der Waals surface area contributed by atoms with Crippen LogP contribution in [0.25, 0.3) is 0 Å². The second-order valence-electron chi connectivity index (χ2n) is 3.72. The summed E-state index contributed by atoms with van der Waals surface area (Å²) in [6.45, 7) is 1.90. The standard InChI is InChI=1S/C13H9Cl2N3/c1-8-2-3-11(14)13(12(8)15)18-9-4-5-17-10(6-9)7-16/h2-6H,1H3,(H,17,18). The Balaban J connectivity index is 2.40. The van der Waals surface area contributed by atoms with E-state index < -0.39 is 0 Å². The van der Waals surface area contributed by atoms with Crippen LogP contribution in [0, 0.1) is 18.3 Å². The van der Waals surface area contributed by atoms with Gasteiger partial charge in [0.1, 0.15) is 11.8 Å². The van der Waals surface area contributed by atoms with Crippen LogP contribution in [0.2, 0.25) is 10.0 Å². The Morgan fingerprint density at radius 3 is 2.78 bits per heavy atom. The van der Waals surface area contributed by atoms with E-state index in [9.17, 15) is 0 Å². The highest BCUT2D eigenvalue weighted by molar-refractivity contribution is 6.39. The van der Waals surface area contributed by atoms with Gasteiger partial charge in [-0.15, -0.1) is 0 Å². The Labute approximate surface area is 115 Å². The fraction of sp³-hybridized carbons (Fsp3) is 0.0769. The molecule has 2 rings (SSSR count). The van der Waals surface area contributed by atoms with E-state index in [1.807, 2.05) is 19.1 Å². The SMILES string of the molecule is Cc1ccc(Cl)c(Nc2ccnc(C#N)c2)c1Cl. The third kappa shape index (κ3) is 2.56. The van der Waals surface area contributed by atoms with E-state index in [-0.39, 0.29) is 0 Å². The molecule has 0 amide bonds. The van der Waals surface area contributed by atoms with Gasteiger partial charge < -0.3 is 5.32 Å². The number of hydrogen-bond donors (Lipinski definition) is 1. The number of anilines is 2. The zero-order chi connectivity index (χ0) is 13.1. The molecule has 1 heterocycles. The average molecular weight is 278 g/mol. The lowest BCUT2D eigenvalue weighted by atomic mass is 10.2. The molecule has 3 nitrogen and oxygen atoms in total. The maximum absolute atomic E-state index is 8.79. The van der Waals surface area contributed by atoms with E-state index in [1.54, 1.807) is 24.4 Å². The lowest BCUT2D eigenvalue weighted by molar-refractivity contribution is 1.26. The highest BCUT2D eigenvalue weighted by Crippen LogP contribution is 2.35. The van der Waals surface area contributed by atoms with E-state index in [2.05, 4.69) is 10.3 Å². The lowest BCUT2D eigenvalue weighted by Gasteiger charge is -2.12. The number of rotatable bonds is 2. The van der Waals surface area contributed by atoms with E-state index in [1.165, 1.54) is 0 Å². The summed E-state index contributed by atoms with van der Waals surface area (Å²) >= 11 is 12.3. The van der Waals surface area contributed by atoms with Crippen molar-refractivity contribution in [2.75, 3.05) is 5.32 Å². The zero-order valence-electron chi connectivity index (χ0n) is 9.54. The van der Waals surface area contributed by atoms with E-state index in [0.29, 0.717) is 21.4 Å². The molecule has 0 saturated heterocycles. The van der Waals surface area contributed by atoms with Crippen molar-refractivity contribution in [1.82, 2.24) is 4.98 Å². The third-order valence-corrected chi connectivity index (χ3v) is 3.23. The molecule has 1 aromatic carbocycles. The van der Waals surface area contributed by atoms with Crippen LogP contribution in [0.3, 0.4) is 0 Å². The molecule has 90 valence electrons. The van der Waals surface area contributed by atoms with Gasteiger partial charge in [-0.3, -0.25) is 0 Å². The summed E-state index contributed by atoms with van der Waals surface area (Å²) in [5, 5.41) is 13.0. The fourth-order valence-corrected chi connectivity index (χ4v) is 1.95. The molecule has 0 aliphatic carbocycles. The zero-order valence-corrected chi connectivity index (χ0v) is 11.0. The first-order valence-electron chi connectivity index (χ1n) is 5.19. The van der Waals surface area contributed by atoms with Crippen molar-refractivity contribution in [3.8, 4) is 6.07 Å². The molecule has 0 unspecified atom stereocenters. The highest BCUT2D eigenvalue weighted by Gasteiger charge is 2.09. The summed E-state index contributed by atoms with van der Waals surface area (Å²) in [4.78, 5) is 3.89. The number of nitriles is 1. The molecule has 2 aromatic rings. The fourth-order valence-electron chi connectivity index (χ4n) is 1.49. The first kappa shape index (κ1) is 12.7. The number of nitrogens with zero attached hydrogens (tertiary/aromatic N) is 2. The van der Waals surface area contributed by atoms with E-state index in [4.69, 9.17) is 28.5 Å². The first-order valence-corrected chi connectivity index (χ1v) is 5.95. The van der Waals surface area contributed by atoms with Crippen LogP contribution in [-0.4, -0.2) is 4.98 Å². The molecule has 1 N–H and O–H groups in total. The predicted octanol–water partition coefficient (Wildman–Crippen LogP) is 4.31. The number of benzene rings is 1. The molecule has 0 bridgehead atoms. The van der Waals surface area contributed by atoms with Gasteiger partial charge in [0.15, 0.2) is 0 Å². The van der Waals surface area contributed by atoms with E-state index in [0.717, 1.165) is 11.3 Å². The number of aryl methyl sites for hydroxylation is 1. The van der Waals surface area contributed by atoms with Gasteiger partial charge in [-0.2, -0.15) is 5.26 Å². The van der Waals surface area contributed by atoms with E-state index >= 15 is 0 Å². The predicted molar refractivity (Wildman–Crippen MR) is 73.4 cm³/mol. The minimum Gasteiger partial charge on any atom is -0.353 e. The van der Waals surface area contributed by atoms with Crippen LogP contribution in [0.1, 0.15) is 11.3 Å². The molecule has 0 aliphatic rings. The molecule has 0 aliphatic heterocycles. The Kier molecular flexibility index (Phi) is 3.71. The van der Waals surface area contributed by atoms with Crippen molar-refractivity contribution < 1.29 is 0 Å². The van der Waals surface area contributed by atoms with Crippen molar-refractivity contribution in [2.45, 2.75) is 6.92 Å². The number of halogens is 2. The number of pyridine rings is 1. The second kappa shape index (κ2) is 5.26. The van der Waals surface area contributed by atoms with Crippen LogP contribution < -0.4 is 5.32 Å². The third-order valence-electron chi connectivity index (χ3n) is 2.43. The van der Waals surface area contributed by atoms with Gasteiger partial charge in [-0.05, 0) is 30.7 Å². The van der Waals surface area contributed by atoms with Crippen LogP contribution >= 0.6 is 23.2 Å². The monoisotopic (exact) mass is 277 g/mol. The van der Waals surface area contributed by atoms with Gasteiger partial charge >= 0.3 is 0 Å². The summed E-state index contributed by atoms with van der Waals surface area (Å²) in [5.74, 6) is 0. The quantitative estimate of drug-likeness (QED) is 0.890. The molecule has 0 atom stereocenters. The average Bonchev–Trinajstić information content (AvgIpc) is 2.39. The van der Waals surface area contributed by atoms with Gasteiger partial charge in [0.25, 0.3) is 0 Å². The van der Waals surface area contributed by atoms with Crippen LogP contribution in [0.5, 0.6) is 0 Å². The molecular weight excluding hydrogens is 269 g/mol. The molecule has 0 radical (unpaired) electrons. The maximum atomic E-state index is 8.79. The maximum Gasteiger partial charge on any atom is 0.142 e. The van der Waals surface area contributed by atoms with Crippen LogP contribution in [0.15, 0.2) is 30.5 Å². The largest absolute Gasteiger partial charge is 0.353 e. The Hall–Kier alpha value is -1.76. The van der Waals surface area contributed by atoms with Crippen molar-refractivity contribution in [1.29, 1.82) is 5.26 Å². The minimum absolute atomic E-state index is 0.333. The summed E-state index contributed by atoms with van der Waals surface area (Å²) in [6, 6.07) is 8.98. The summed E-state index contributed by atoms with van der Waals surface area (Å²) in [6.07, 6.45) is 1.55. The van der Waals surface area contributed by atoms with Gasteiger partial charge in [-0.1, -0.05) is 29.3 Å². The van der Waals surface area contributed by atoms with Gasteiger partial charge in [0.2, 0.25) is 0 Å². The van der Waals surface area contributed by atoms with Gasteiger partial charge in [0, 0.05) is 11.9 Å². The number of hydrogen-bond acceptors (Lipinski definition) is 3. The summed E-state index contributed by atoms with van der Waals surface area (Å²) in [7, 11) is 0. The van der Waals surface area contributed by atoms with Gasteiger partial charge in [-0.25, -0.2) is 4.98 Å². The van der Waals surface area contributed by atoms with Crippen molar-refractivity contribution in [2.24, 2.45) is 0 Å². The lowest BCUT2D eigenvalue weighted by Crippen LogP contribution is -1.95. The molecular formula is C13H9Cl2N3. The molecule has 5 heteroatoms. The van der Waals surface area contributed by atoms with Crippen LogP contribution in [-0.2, 0) is 0 Å². The molecule has 1 aromatic heterocycles. The number of nitrogens with one attached hydrogen (secondary N) is 1. The van der Waals surface area contributed by atoms with Crippen molar-refractivity contribution in [3.63, 3.8) is 0 Å². The number of aromatic nitrogens is 1. The smallest absolute Gasteiger partial charge is 0.142 e. The molecule has 0 spiro atoms. The summed E-state index contributed by atoms with van der Waals surface area (Å²) in [5.41, 5.74) is 2.61. The normalized spacial score (nSPS) is 9.89.